The third-order valence-electron chi connectivity index (χ3n) is 3.01. The summed E-state index contributed by atoms with van der Waals surface area (Å²) < 4.78 is 5.79. The number of rotatable bonds is 6. The summed E-state index contributed by atoms with van der Waals surface area (Å²) in [5, 5.41) is 3.54. The van der Waals surface area contributed by atoms with Crippen LogP contribution in [0.4, 0.5) is 5.69 Å². The SMILES string of the molecule is CSC(C)CN=C(N)Nc1cccc(Oc2ccccc2)c1. The predicted octanol–water partition coefficient (Wildman–Crippen LogP) is 3.96. The van der Waals surface area contributed by atoms with Crippen LogP contribution in [0, 0.1) is 0 Å². The third-order valence-corrected chi connectivity index (χ3v) is 3.96. The maximum absolute atomic E-state index is 5.90. The van der Waals surface area contributed by atoms with Crippen LogP contribution in [0.15, 0.2) is 59.6 Å². The van der Waals surface area contributed by atoms with Crippen molar-refractivity contribution in [2.24, 2.45) is 10.7 Å². The topological polar surface area (TPSA) is 59.6 Å². The number of para-hydroxylation sites is 1. The van der Waals surface area contributed by atoms with Crippen molar-refractivity contribution in [2.45, 2.75) is 12.2 Å². The Kier molecular flexibility index (Phi) is 6.15. The first-order valence-corrected chi connectivity index (χ1v) is 8.39. The van der Waals surface area contributed by atoms with E-state index in [0.717, 1.165) is 17.2 Å². The van der Waals surface area contributed by atoms with E-state index in [1.165, 1.54) is 0 Å². The van der Waals surface area contributed by atoms with E-state index >= 15 is 0 Å². The molecule has 0 radical (unpaired) electrons. The number of thioether (sulfide) groups is 1. The maximum atomic E-state index is 5.90. The molecule has 5 heteroatoms. The molecular formula is C17H21N3OS. The zero-order valence-electron chi connectivity index (χ0n) is 12.8. The molecule has 0 aromatic heterocycles. The molecule has 0 aliphatic carbocycles. The highest BCUT2D eigenvalue weighted by atomic mass is 32.2. The van der Waals surface area contributed by atoms with Gasteiger partial charge in [-0.2, -0.15) is 11.8 Å². The molecule has 2 aromatic rings. The van der Waals surface area contributed by atoms with E-state index in [-0.39, 0.29) is 0 Å². The van der Waals surface area contributed by atoms with Gasteiger partial charge in [0.05, 0.1) is 6.54 Å². The fourth-order valence-corrected chi connectivity index (χ4v) is 1.97. The van der Waals surface area contributed by atoms with Gasteiger partial charge in [0.15, 0.2) is 5.96 Å². The Morgan fingerprint density at radius 2 is 1.91 bits per heavy atom. The minimum atomic E-state index is 0.415. The molecule has 0 saturated carbocycles. The number of aliphatic imine (C=N–C) groups is 1. The molecule has 0 aliphatic rings. The van der Waals surface area contributed by atoms with Gasteiger partial charge in [0.1, 0.15) is 11.5 Å². The Morgan fingerprint density at radius 3 is 2.64 bits per heavy atom. The first-order valence-electron chi connectivity index (χ1n) is 7.10. The Labute approximate surface area is 135 Å². The Bertz CT molecular complexity index is 616. The Balaban J connectivity index is 1.99. The summed E-state index contributed by atoms with van der Waals surface area (Å²) in [6, 6.07) is 17.3. The van der Waals surface area contributed by atoms with Crippen LogP contribution in [0.25, 0.3) is 0 Å². The van der Waals surface area contributed by atoms with Crippen LogP contribution in [0.5, 0.6) is 11.5 Å². The van der Waals surface area contributed by atoms with Gasteiger partial charge in [-0.3, -0.25) is 4.99 Å². The highest BCUT2D eigenvalue weighted by molar-refractivity contribution is 7.99. The van der Waals surface area contributed by atoms with Crippen molar-refractivity contribution in [3.8, 4) is 11.5 Å². The number of nitrogens with zero attached hydrogens (tertiary/aromatic N) is 1. The number of guanidine groups is 1. The van der Waals surface area contributed by atoms with E-state index in [1.807, 2.05) is 54.6 Å². The van der Waals surface area contributed by atoms with Gasteiger partial charge in [-0.15, -0.1) is 0 Å². The summed E-state index contributed by atoms with van der Waals surface area (Å²) in [5.41, 5.74) is 6.75. The number of hydrogen-bond acceptors (Lipinski definition) is 3. The molecule has 22 heavy (non-hydrogen) atoms. The molecule has 2 rings (SSSR count). The number of nitrogens with two attached hydrogens (primary N) is 1. The number of benzene rings is 2. The van der Waals surface area contributed by atoms with Gasteiger partial charge in [0.2, 0.25) is 0 Å². The second-order valence-electron chi connectivity index (χ2n) is 4.84. The van der Waals surface area contributed by atoms with Crippen molar-refractivity contribution in [3.05, 3.63) is 54.6 Å². The van der Waals surface area contributed by atoms with E-state index in [4.69, 9.17) is 10.5 Å². The summed E-state index contributed by atoms with van der Waals surface area (Å²) in [7, 11) is 0. The van der Waals surface area contributed by atoms with Gasteiger partial charge in [-0.05, 0) is 30.5 Å². The molecule has 0 amide bonds. The van der Waals surface area contributed by atoms with Crippen LogP contribution >= 0.6 is 11.8 Å². The van der Waals surface area contributed by atoms with E-state index in [1.54, 1.807) is 11.8 Å². The molecule has 0 spiro atoms. The molecule has 0 heterocycles. The number of ether oxygens (including phenoxy) is 1. The molecule has 1 atom stereocenters. The summed E-state index contributed by atoms with van der Waals surface area (Å²) in [4.78, 5) is 4.33. The first kappa shape index (κ1) is 16.2. The molecule has 4 nitrogen and oxygen atoms in total. The van der Waals surface area contributed by atoms with Crippen molar-refractivity contribution in [3.63, 3.8) is 0 Å². The second kappa shape index (κ2) is 8.34. The maximum Gasteiger partial charge on any atom is 0.193 e. The zero-order valence-corrected chi connectivity index (χ0v) is 13.6. The lowest BCUT2D eigenvalue weighted by molar-refractivity contribution is 0.483. The molecule has 116 valence electrons. The average molecular weight is 315 g/mol. The molecular weight excluding hydrogens is 294 g/mol. The fourth-order valence-electron chi connectivity index (χ4n) is 1.75. The van der Waals surface area contributed by atoms with Gasteiger partial charge < -0.3 is 15.8 Å². The summed E-state index contributed by atoms with van der Waals surface area (Å²) in [6.07, 6.45) is 2.06. The van der Waals surface area contributed by atoms with E-state index in [0.29, 0.717) is 17.8 Å². The van der Waals surface area contributed by atoms with E-state index in [2.05, 4.69) is 23.5 Å². The lowest BCUT2D eigenvalue weighted by Gasteiger charge is -2.10. The normalized spacial score (nSPS) is 12.7. The smallest absolute Gasteiger partial charge is 0.193 e. The van der Waals surface area contributed by atoms with Crippen molar-refractivity contribution in [2.75, 3.05) is 18.1 Å². The van der Waals surface area contributed by atoms with Crippen LogP contribution in [-0.4, -0.2) is 24.0 Å². The molecule has 1 unspecified atom stereocenters. The highest BCUT2D eigenvalue weighted by Crippen LogP contribution is 2.23. The van der Waals surface area contributed by atoms with Gasteiger partial charge in [0.25, 0.3) is 0 Å². The Morgan fingerprint density at radius 1 is 1.18 bits per heavy atom. The van der Waals surface area contributed by atoms with Gasteiger partial charge in [-0.25, -0.2) is 0 Å². The minimum Gasteiger partial charge on any atom is -0.457 e. The molecule has 0 fully saturated rings. The van der Waals surface area contributed by atoms with E-state index in [9.17, 15) is 0 Å². The monoisotopic (exact) mass is 315 g/mol. The van der Waals surface area contributed by atoms with E-state index < -0.39 is 0 Å². The largest absolute Gasteiger partial charge is 0.457 e. The molecule has 0 aliphatic heterocycles. The number of hydrogen-bond donors (Lipinski definition) is 2. The van der Waals surface area contributed by atoms with Crippen molar-refractivity contribution in [1.82, 2.24) is 0 Å². The predicted molar refractivity (Wildman–Crippen MR) is 96.0 cm³/mol. The molecule has 0 saturated heterocycles. The summed E-state index contributed by atoms with van der Waals surface area (Å²) in [6.45, 7) is 2.82. The molecule has 3 N–H and O–H groups in total. The molecule has 2 aromatic carbocycles. The number of nitrogens with one attached hydrogen (secondary N) is 1. The third kappa shape index (κ3) is 5.33. The summed E-state index contributed by atoms with van der Waals surface area (Å²) >= 11 is 1.77. The van der Waals surface area contributed by atoms with Crippen LogP contribution < -0.4 is 15.8 Å². The van der Waals surface area contributed by atoms with Crippen LogP contribution in [0.3, 0.4) is 0 Å². The summed E-state index contributed by atoms with van der Waals surface area (Å²) in [5.74, 6) is 1.97. The quantitative estimate of drug-likeness (QED) is 0.626. The van der Waals surface area contributed by atoms with Crippen molar-refractivity contribution < 1.29 is 4.74 Å². The van der Waals surface area contributed by atoms with Crippen LogP contribution in [-0.2, 0) is 0 Å². The van der Waals surface area contributed by atoms with Gasteiger partial charge in [-0.1, -0.05) is 31.2 Å². The number of anilines is 1. The molecule has 0 bridgehead atoms. The van der Waals surface area contributed by atoms with Crippen molar-refractivity contribution >= 4 is 23.4 Å². The lowest BCUT2D eigenvalue weighted by Crippen LogP contribution is -2.23. The fraction of sp³-hybridized carbons (Fsp3) is 0.235. The highest BCUT2D eigenvalue weighted by Gasteiger charge is 2.01. The zero-order chi connectivity index (χ0) is 15.8. The Hall–Kier alpha value is -2.14. The van der Waals surface area contributed by atoms with Crippen LogP contribution in [0.1, 0.15) is 6.92 Å². The second-order valence-corrected chi connectivity index (χ2v) is 6.12. The average Bonchev–Trinajstić information content (AvgIpc) is 2.54. The van der Waals surface area contributed by atoms with Crippen LogP contribution in [0.2, 0.25) is 0 Å². The van der Waals surface area contributed by atoms with Crippen molar-refractivity contribution in [1.29, 1.82) is 0 Å². The van der Waals surface area contributed by atoms with Gasteiger partial charge in [0, 0.05) is 17.0 Å². The standard InChI is InChI=1S/C17H21N3OS/c1-13(22-2)12-19-17(18)20-14-7-6-10-16(11-14)21-15-8-4-3-5-9-15/h3-11,13H,12H2,1-2H3,(H3,18,19,20). The minimum absolute atomic E-state index is 0.415. The lowest BCUT2D eigenvalue weighted by atomic mass is 10.3. The first-order chi connectivity index (χ1) is 10.7. The van der Waals surface area contributed by atoms with Gasteiger partial charge >= 0.3 is 0 Å².